The first-order valence-corrected chi connectivity index (χ1v) is 4.86. The molecule has 84 valence electrons. The van der Waals surface area contributed by atoms with E-state index in [4.69, 9.17) is 9.47 Å². The van der Waals surface area contributed by atoms with Gasteiger partial charge in [0, 0.05) is 17.9 Å². The SMILES string of the molecule is COCC(C)(C)COCC(C)(C)C=O. The fourth-order valence-corrected chi connectivity index (χ4v) is 1.06. The topological polar surface area (TPSA) is 35.5 Å². The van der Waals surface area contributed by atoms with E-state index in [2.05, 4.69) is 13.8 Å². The van der Waals surface area contributed by atoms with E-state index < -0.39 is 0 Å². The zero-order chi connectivity index (χ0) is 11.2. The van der Waals surface area contributed by atoms with Crippen molar-refractivity contribution >= 4 is 6.29 Å². The summed E-state index contributed by atoms with van der Waals surface area (Å²) in [6, 6.07) is 0. The van der Waals surface area contributed by atoms with Crippen molar-refractivity contribution in [3.8, 4) is 0 Å². The maximum absolute atomic E-state index is 10.6. The van der Waals surface area contributed by atoms with Crippen molar-refractivity contribution < 1.29 is 14.3 Å². The lowest BCUT2D eigenvalue weighted by atomic mass is 9.95. The summed E-state index contributed by atoms with van der Waals surface area (Å²) >= 11 is 0. The second-order valence-corrected chi connectivity index (χ2v) is 5.20. The number of rotatable bonds is 7. The van der Waals surface area contributed by atoms with Gasteiger partial charge < -0.3 is 14.3 Å². The monoisotopic (exact) mass is 202 g/mol. The first-order valence-electron chi connectivity index (χ1n) is 4.86. The minimum Gasteiger partial charge on any atom is -0.384 e. The van der Waals surface area contributed by atoms with Crippen LogP contribution in [0.2, 0.25) is 0 Å². The quantitative estimate of drug-likeness (QED) is 0.591. The molecule has 0 heterocycles. The van der Waals surface area contributed by atoms with Gasteiger partial charge in [0.25, 0.3) is 0 Å². The van der Waals surface area contributed by atoms with Crippen molar-refractivity contribution in [2.75, 3.05) is 26.9 Å². The Morgan fingerprint density at radius 3 is 2.07 bits per heavy atom. The molecular formula is C11H22O3. The smallest absolute Gasteiger partial charge is 0.127 e. The van der Waals surface area contributed by atoms with E-state index in [1.165, 1.54) is 0 Å². The summed E-state index contributed by atoms with van der Waals surface area (Å²) in [6.07, 6.45) is 0.927. The molecule has 0 atom stereocenters. The number of methoxy groups -OCH3 is 1. The highest BCUT2D eigenvalue weighted by Gasteiger charge is 2.21. The number of ether oxygens (including phenoxy) is 2. The molecule has 0 fully saturated rings. The molecule has 0 aliphatic carbocycles. The Morgan fingerprint density at radius 2 is 1.64 bits per heavy atom. The average molecular weight is 202 g/mol. The molecule has 0 saturated heterocycles. The van der Waals surface area contributed by atoms with Gasteiger partial charge in [0.15, 0.2) is 0 Å². The van der Waals surface area contributed by atoms with Crippen LogP contribution in [-0.4, -0.2) is 33.2 Å². The van der Waals surface area contributed by atoms with Crippen LogP contribution in [0.15, 0.2) is 0 Å². The van der Waals surface area contributed by atoms with Crippen LogP contribution in [0.4, 0.5) is 0 Å². The molecule has 0 saturated carbocycles. The molecule has 0 N–H and O–H groups in total. The summed E-state index contributed by atoms with van der Waals surface area (Å²) in [6.45, 7) is 9.61. The first kappa shape index (κ1) is 13.6. The zero-order valence-corrected chi connectivity index (χ0v) is 9.92. The molecule has 0 rings (SSSR count). The van der Waals surface area contributed by atoms with Crippen LogP contribution < -0.4 is 0 Å². The van der Waals surface area contributed by atoms with Crippen molar-refractivity contribution in [1.29, 1.82) is 0 Å². The Morgan fingerprint density at radius 1 is 1.07 bits per heavy atom. The fourth-order valence-electron chi connectivity index (χ4n) is 1.06. The Labute approximate surface area is 86.8 Å². The van der Waals surface area contributed by atoms with Crippen LogP contribution in [0, 0.1) is 10.8 Å². The molecule has 0 aromatic heterocycles. The molecule has 0 aromatic rings. The van der Waals surface area contributed by atoms with E-state index in [-0.39, 0.29) is 10.8 Å². The van der Waals surface area contributed by atoms with Crippen LogP contribution >= 0.6 is 0 Å². The van der Waals surface area contributed by atoms with Gasteiger partial charge in [-0.1, -0.05) is 27.7 Å². The molecular weight excluding hydrogens is 180 g/mol. The Balaban J connectivity index is 3.78. The summed E-state index contributed by atoms with van der Waals surface area (Å²) in [5.41, 5.74) is -0.378. The predicted molar refractivity (Wildman–Crippen MR) is 56.3 cm³/mol. The van der Waals surface area contributed by atoms with Gasteiger partial charge in [-0.2, -0.15) is 0 Å². The summed E-state index contributed by atoms with van der Waals surface area (Å²) in [7, 11) is 1.68. The van der Waals surface area contributed by atoms with Crippen LogP contribution in [0.25, 0.3) is 0 Å². The highest BCUT2D eigenvalue weighted by molar-refractivity contribution is 5.57. The van der Waals surface area contributed by atoms with Crippen LogP contribution in [-0.2, 0) is 14.3 Å². The second-order valence-electron chi connectivity index (χ2n) is 5.20. The van der Waals surface area contributed by atoms with E-state index in [1.807, 2.05) is 13.8 Å². The largest absolute Gasteiger partial charge is 0.384 e. The molecule has 0 amide bonds. The normalized spacial score (nSPS) is 12.9. The van der Waals surface area contributed by atoms with E-state index in [0.717, 1.165) is 6.29 Å². The van der Waals surface area contributed by atoms with Gasteiger partial charge in [-0.3, -0.25) is 0 Å². The van der Waals surface area contributed by atoms with Crippen LogP contribution in [0.5, 0.6) is 0 Å². The molecule has 0 aliphatic heterocycles. The number of aldehydes is 1. The van der Waals surface area contributed by atoms with Crippen LogP contribution in [0.3, 0.4) is 0 Å². The fraction of sp³-hybridized carbons (Fsp3) is 0.909. The number of carbonyl (C=O) groups excluding carboxylic acids is 1. The Kier molecular flexibility index (Phi) is 5.31. The Hall–Kier alpha value is -0.410. The second kappa shape index (κ2) is 5.47. The van der Waals surface area contributed by atoms with Gasteiger partial charge in [0.1, 0.15) is 6.29 Å². The average Bonchev–Trinajstić information content (AvgIpc) is 2.03. The maximum Gasteiger partial charge on any atom is 0.127 e. The van der Waals surface area contributed by atoms with E-state index >= 15 is 0 Å². The maximum atomic E-state index is 10.6. The van der Waals surface area contributed by atoms with E-state index in [0.29, 0.717) is 19.8 Å². The summed E-state index contributed by atoms with van der Waals surface area (Å²) < 4.78 is 10.6. The van der Waals surface area contributed by atoms with Gasteiger partial charge in [-0.25, -0.2) is 0 Å². The third-order valence-corrected chi connectivity index (χ3v) is 1.82. The minimum atomic E-state index is -0.386. The van der Waals surface area contributed by atoms with Gasteiger partial charge in [-0.15, -0.1) is 0 Å². The summed E-state index contributed by atoms with van der Waals surface area (Å²) in [5, 5.41) is 0. The predicted octanol–water partition coefficient (Wildman–Crippen LogP) is 1.90. The lowest BCUT2D eigenvalue weighted by molar-refractivity contribution is -0.118. The first-order chi connectivity index (χ1) is 6.33. The zero-order valence-electron chi connectivity index (χ0n) is 9.92. The number of hydrogen-bond acceptors (Lipinski definition) is 3. The number of hydrogen-bond donors (Lipinski definition) is 0. The highest BCUT2D eigenvalue weighted by atomic mass is 16.5. The number of carbonyl (C=O) groups is 1. The van der Waals surface area contributed by atoms with Crippen molar-refractivity contribution in [3.05, 3.63) is 0 Å². The molecule has 0 bridgehead atoms. The van der Waals surface area contributed by atoms with Crippen molar-refractivity contribution in [3.63, 3.8) is 0 Å². The van der Waals surface area contributed by atoms with E-state index in [1.54, 1.807) is 7.11 Å². The molecule has 0 aromatic carbocycles. The lowest BCUT2D eigenvalue weighted by Gasteiger charge is -2.25. The molecule has 0 aliphatic rings. The van der Waals surface area contributed by atoms with Gasteiger partial charge in [0.05, 0.1) is 19.8 Å². The summed E-state index contributed by atoms with van der Waals surface area (Å²) in [4.78, 5) is 10.6. The molecule has 3 nitrogen and oxygen atoms in total. The van der Waals surface area contributed by atoms with Crippen molar-refractivity contribution in [1.82, 2.24) is 0 Å². The third kappa shape index (κ3) is 6.11. The minimum absolute atomic E-state index is 0.00765. The van der Waals surface area contributed by atoms with Crippen molar-refractivity contribution in [2.24, 2.45) is 10.8 Å². The molecule has 0 spiro atoms. The van der Waals surface area contributed by atoms with Gasteiger partial charge in [0.2, 0.25) is 0 Å². The molecule has 0 unspecified atom stereocenters. The third-order valence-electron chi connectivity index (χ3n) is 1.82. The lowest BCUT2D eigenvalue weighted by Crippen LogP contribution is -2.29. The Bertz CT molecular complexity index is 173. The van der Waals surface area contributed by atoms with Gasteiger partial charge >= 0.3 is 0 Å². The molecule has 14 heavy (non-hydrogen) atoms. The molecule has 3 heteroatoms. The molecule has 0 radical (unpaired) electrons. The summed E-state index contributed by atoms with van der Waals surface area (Å²) in [5.74, 6) is 0. The highest BCUT2D eigenvalue weighted by Crippen LogP contribution is 2.18. The van der Waals surface area contributed by atoms with Gasteiger partial charge in [-0.05, 0) is 0 Å². The standard InChI is InChI=1S/C11H22O3/c1-10(2,6-12)8-14-9-11(3,4)7-13-5/h6H,7-9H2,1-5H3. The van der Waals surface area contributed by atoms with Crippen molar-refractivity contribution in [2.45, 2.75) is 27.7 Å². The van der Waals surface area contributed by atoms with Crippen LogP contribution in [0.1, 0.15) is 27.7 Å². The van der Waals surface area contributed by atoms with E-state index in [9.17, 15) is 4.79 Å².